The Hall–Kier alpha value is -1.75. The molecular weight excluding hydrogens is 214 g/mol. The molecule has 5 nitrogen and oxygen atoms in total. The Morgan fingerprint density at radius 2 is 2.24 bits per heavy atom. The van der Waals surface area contributed by atoms with Crippen LogP contribution < -0.4 is 5.32 Å². The summed E-state index contributed by atoms with van der Waals surface area (Å²) in [5, 5.41) is 11.3. The first kappa shape index (κ1) is 11.7. The Labute approximate surface area is 101 Å². The summed E-state index contributed by atoms with van der Waals surface area (Å²) in [6.07, 6.45) is 4.66. The molecule has 0 radical (unpaired) electrons. The quantitative estimate of drug-likeness (QED) is 0.853. The fourth-order valence-corrected chi connectivity index (χ4v) is 1.77. The molecular formula is C12H17N5. The van der Waals surface area contributed by atoms with Crippen LogP contribution in [0, 0.1) is 6.92 Å². The molecule has 1 unspecified atom stereocenters. The van der Waals surface area contributed by atoms with E-state index in [1.54, 1.807) is 4.68 Å². The van der Waals surface area contributed by atoms with Crippen molar-refractivity contribution >= 4 is 0 Å². The fraction of sp³-hybridized carbons (Fsp3) is 0.417. The van der Waals surface area contributed by atoms with E-state index in [1.807, 2.05) is 39.5 Å². The van der Waals surface area contributed by atoms with Crippen LogP contribution in [-0.4, -0.2) is 27.0 Å². The van der Waals surface area contributed by atoms with Gasteiger partial charge in [-0.3, -0.25) is 9.67 Å². The Morgan fingerprint density at radius 1 is 1.41 bits per heavy atom. The van der Waals surface area contributed by atoms with Crippen molar-refractivity contribution in [2.45, 2.75) is 19.4 Å². The molecule has 90 valence electrons. The zero-order valence-corrected chi connectivity index (χ0v) is 10.4. The molecule has 2 aromatic rings. The van der Waals surface area contributed by atoms with E-state index in [4.69, 9.17) is 0 Å². The summed E-state index contributed by atoms with van der Waals surface area (Å²) in [5.41, 5.74) is 3.18. The minimum Gasteiger partial charge on any atom is -0.313 e. The summed E-state index contributed by atoms with van der Waals surface area (Å²) in [5.74, 6) is 0. The SMILES string of the molecule is CNC(Cc1cn(C)nn1)c1ccc(C)nc1. The lowest BCUT2D eigenvalue weighted by molar-refractivity contribution is 0.581. The third-order valence-electron chi connectivity index (χ3n) is 2.75. The molecule has 0 amide bonds. The van der Waals surface area contributed by atoms with Crippen LogP contribution in [0.5, 0.6) is 0 Å². The second kappa shape index (κ2) is 5.05. The highest BCUT2D eigenvalue weighted by Crippen LogP contribution is 2.16. The van der Waals surface area contributed by atoms with Gasteiger partial charge in [0.05, 0.1) is 5.69 Å². The van der Waals surface area contributed by atoms with Crippen LogP contribution in [0.1, 0.15) is 23.0 Å². The van der Waals surface area contributed by atoms with Gasteiger partial charge in [-0.2, -0.15) is 0 Å². The molecule has 0 aliphatic heterocycles. The minimum atomic E-state index is 0.222. The molecule has 0 spiro atoms. The van der Waals surface area contributed by atoms with E-state index >= 15 is 0 Å². The lowest BCUT2D eigenvalue weighted by Gasteiger charge is -2.14. The molecule has 0 fully saturated rings. The molecule has 2 heterocycles. The number of hydrogen-bond donors (Lipinski definition) is 1. The molecule has 17 heavy (non-hydrogen) atoms. The molecule has 0 bridgehead atoms. The number of pyridine rings is 1. The number of nitrogens with one attached hydrogen (secondary N) is 1. The van der Waals surface area contributed by atoms with Gasteiger partial charge in [0.25, 0.3) is 0 Å². The third kappa shape index (κ3) is 2.88. The summed E-state index contributed by atoms with van der Waals surface area (Å²) in [6, 6.07) is 4.34. The summed E-state index contributed by atoms with van der Waals surface area (Å²) < 4.78 is 1.72. The van der Waals surface area contributed by atoms with Gasteiger partial charge < -0.3 is 5.32 Å². The Kier molecular flexibility index (Phi) is 3.49. The molecule has 2 aromatic heterocycles. The Bertz CT molecular complexity index is 474. The van der Waals surface area contributed by atoms with Crippen molar-refractivity contribution in [3.8, 4) is 0 Å². The summed E-state index contributed by atoms with van der Waals surface area (Å²) >= 11 is 0. The van der Waals surface area contributed by atoms with Gasteiger partial charge in [0.2, 0.25) is 0 Å². The number of aryl methyl sites for hydroxylation is 2. The van der Waals surface area contributed by atoms with Crippen LogP contribution in [0.4, 0.5) is 0 Å². The van der Waals surface area contributed by atoms with Crippen LogP contribution in [0.15, 0.2) is 24.5 Å². The molecule has 1 atom stereocenters. The predicted molar refractivity (Wildman–Crippen MR) is 65.5 cm³/mol. The first-order valence-electron chi connectivity index (χ1n) is 5.64. The maximum atomic E-state index is 4.31. The van der Waals surface area contributed by atoms with Gasteiger partial charge in [0.1, 0.15) is 0 Å². The number of nitrogens with zero attached hydrogens (tertiary/aromatic N) is 4. The zero-order chi connectivity index (χ0) is 12.3. The Morgan fingerprint density at radius 3 is 2.76 bits per heavy atom. The van der Waals surface area contributed by atoms with Gasteiger partial charge in [-0.1, -0.05) is 11.3 Å². The zero-order valence-electron chi connectivity index (χ0n) is 10.4. The van der Waals surface area contributed by atoms with E-state index in [1.165, 1.54) is 5.56 Å². The van der Waals surface area contributed by atoms with E-state index in [0.29, 0.717) is 0 Å². The van der Waals surface area contributed by atoms with E-state index in [0.717, 1.165) is 17.8 Å². The fourth-order valence-electron chi connectivity index (χ4n) is 1.77. The highest BCUT2D eigenvalue weighted by Gasteiger charge is 2.12. The topological polar surface area (TPSA) is 55.6 Å². The van der Waals surface area contributed by atoms with Gasteiger partial charge in [-0.25, -0.2) is 0 Å². The Balaban J connectivity index is 2.13. The minimum absolute atomic E-state index is 0.222. The molecule has 1 N–H and O–H groups in total. The van der Waals surface area contributed by atoms with E-state index in [9.17, 15) is 0 Å². The van der Waals surface area contributed by atoms with Crippen LogP contribution in [0.25, 0.3) is 0 Å². The van der Waals surface area contributed by atoms with Gasteiger partial charge in [-0.05, 0) is 25.6 Å². The highest BCUT2D eigenvalue weighted by molar-refractivity contribution is 5.18. The molecule has 0 aliphatic rings. The molecule has 0 aliphatic carbocycles. The number of hydrogen-bond acceptors (Lipinski definition) is 4. The monoisotopic (exact) mass is 231 g/mol. The van der Waals surface area contributed by atoms with Crippen molar-refractivity contribution in [1.82, 2.24) is 25.3 Å². The summed E-state index contributed by atoms with van der Waals surface area (Å²) in [7, 11) is 3.82. The molecule has 2 rings (SSSR count). The van der Waals surface area contributed by atoms with Gasteiger partial charge in [-0.15, -0.1) is 5.10 Å². The first-order valence-corrected chi connectivity index (χ1v) is 5.64. The largest absolute Gasteiger partial charge is 0.313 e. The average molecular weight is 231 g/mol. The van der Waals surface area contributed by atoms with Crippen molar-refractivity contribution in [2.24, 2.45) is 7.05 Å². The summed E-state index contributed by atoms with van der Waals surface area (Å²) in [6.45, 7) is 1.99. The maximum Gasteiger partial charge on any atom is 0.0845 e. The van der Waals surface area contributed by atoms with Gasteiger partial charge in [0, 0.05) is 37.6 Å². The van der Waals surface area contributed by atoms with Crippen molar-refractivity contribution in [3.05, 3.63) is 41.5 Å². The van der Waals surface area contributed by atoms with Crippen LogP contribution in [0.2, 0.25) is 0 Å². The third-order valence-corrected chi connectivity index (χ3v) is 2.75. The molecule has 0 saturated heterocycles. The highest BCUT2D eigenvalue weighted by atomic mass is 15.4. The van der Waals surface area contributed by atoms with Crippen molar-refractivity contribution in [3.63, 3.8) is 0 Å². The van der Waals surface area contributed by atoms with Crippen molar-refractivity contribution in [2.75, 3.05) is 7.05 Å². The molecule has 0 aromatic carbocycles. The van der Waals surface area contributed by atoms with Crippen molar-refractivity contribution in [1.29, 1.82) is 0 Å². The number of aromatic nitrogens is 4. The van der Waals surface area contributed by atoms with Crippen molar-refractivity contribution < 1.29 is 0 Å². The second-order valence-electron chi connectivity index (χ2n) is 4.16. The normalized spacial score (nSPS) is 12.6. The standard InChI is InChI=1S/C12H17N5/c1-9-4-5-10(7-14-9)12(13-2)6-11-8-17(3)16-15-11/h4-5,7-8,12-13H,6H2,1-3H3. The lowest BCUT2D eigenvalue weighted by Crippen LogP contribution is -2.19. The smallest absolute Gasteiger partial charge is 0.0845 e. The molecule has 5 heteroatoms. The summed E-state index contributed by atoms with van der Waals surface area (Å²) in [4.78, 5) is 4.31. The molecule has 0 saturated carbocycles. The first-order chi connectivity index (χ1) is 8.19. The van der Waals surface area contributed by atoms with E-state index in [2.05, 4.69) is 26.7 Å². The van der Waals surface area contributed by atoms with Gasteiger partial charge >= 0.3 is 0 Å². The predicted octanol–water partition coefficient (Wildman–Crippen LogP) is 1.02. The van der Waals surface area contributed by atoms with Crippen LogP contribution in [0.3, 0.4) is 0 Å². The van der Waals surface area contributed by atoms with E-state index in [-0.39, 0.29) is 6.04 Å². The van der Waals surface area contributed by atoms with E-state index < -0.39 is 0 Å². The average Bonchev–Trinajstić information content (AvgIpc) is 2.73. The van der Waals surface area contributed by atoms with Gasteiger partial charge in [0.15, 0.2) is 0 Å². The number of rotatable bonds is 4. The van der Waals surface area contributed by atoms with Crippen LogP contribution >= 0.6 is 0 Å². The van der Waals surface area contributed by atoms with Crippen LogP contribution in [-0.2, 0) is 13.5 Å². The second-order valence-corrected chi connectivity index (χ2v) is 4.16. The maximum absolute atomic E-state index is 4.31. The number of likely N-dealkylation sites (N-methyl/N-ethyl adjacent to an activating group) is 1. The lowest BCUT2D eigenvalue weighted by atomic mass is 10.0.